The monoisotopic (exact) mass is 438 g/mol. The first kappa shape index (κ1) is 22.4. The molecule has 0 aliphatic rings. The van der Waals surface area contributed by atoms with Crippen LogP contribution >= 0.6 is 0 Å². The Balaban J connectivity index is 1.69. The van der Waals surface area contributed by atoms with Crippen molar-refractivity contribution in [2.24, 2.45) is 0 Å². The van der Waals surface area contributed by atoms with Crippen molar-refractivity contribution in [2.75, 3.05) is 16.7 Å². The standard InChI is InChI=1S/C24H26N2O4S/c1-4-23(30-21-14-10-18(2)11-15-21)24(27)25-19-12-16-22(17-13-19)31(28,29)26(3)20-8-6-5-7-9-20/h5-17,23H,4H2,1-3H3,(H,25,27). The number of nitrogens with one attached hydrogen (secondary N) is 1. The first-order chi connectivity index (χ1) is 14.8. The van der Waals surface area contributed by atoms with Crippen LogP contribution in [0.4, 0.5) is 11.4 Å². The number of aryl methyl sites for hydroxylation is 1. The van der Waals surface area contributed by atoms with Crippen LogP contribution < -0.4 is 14.4 Å². The zero-order valence-electron chi connectivity index (χ0n) is 17.8. The number of para-hydroxylation sites is 1. The number of ether oxygens (including phenoxy) is 1. The van der Waals surface area contributed by atoms with Crippen molar-refractivity contribution in [3.63, 3.8) is 0 Å². The number of hydrogen-bond acceptors (Lipinski definition) is 4. The molecule has 6 nitrogen and oxygen atoms in total. The summed E-state index contributed by atoms with van der Waals surface area (Å²) in [6.45, 7) is 3.85. The van der Waals surface area contributed by atoms with Gasteiger partial charge in [0.05, 0.1) is 10.6 Å². The summed E-state index contributed by atoms with van der Waals surface area (Å²) in [4.78, 5) is 12.8. The van der Waals surface area contributed by atoms with Crippen LogP contribution in [0.15, 0.2) is 83.8 Å². The van der Waals surface area contributed by atoms with E-state index in [9.17, 15) is 13.2 Å². The van der Waals surface area contributed by atoms with E-state index in [0.717, 1.165) is 5.56 Å². The molecule has 0 bridgehead atoms. The molecule has 1 atom stereocenters. The fraction of sp³-hybridized carbons (Fsp3) is 0.208. The van der Waals surface area contributed by atoms with Gasteiger partial charge in [-0.15, -0.1) is 0 Å². The number of anilines is 2. The number of nitrogens with zero attached hydrogens (tertiary/aromatic N) is 1. The normalized spacial score (nSPS) is 12.1. The molecule has 0 spiro atoms. The van der Waals surface area contributed by atoms with Gasteiger partial charge in [-0.25, -0.2) is 8.42 Å². The van der Waals surface area contributed by atoms with Gasteiger partial charge in [0.1, 0.15) is 5.75 Å². The van der Waals surface area contributed by atoms with Crippen molar-refractivity contribution in [1.29, 1.82) is 0 Å². The summed E-state index contributed by atoms with van der Waals surface area (Å²) in [5, 5.41) is 2.79. The topological polar surface area (TPSA) is 75.7 Å². The predicted molar refractivity (Wildman–Crippen MR) is 123 cm³/mol. The van der Waals surface area contributed by atoms with Gasteiger partial charge in [-0.2, -0.15) is 0 Å². The molecule has 3 aromatic rings. The Bertz CT molecular complexity index is 1110. The van der Waals surface area contributed by atoms with Gasteiger partial charge in [0.2, 0.25) is 0 Å². The average molecular weight is 439 g/mol. The molecular formula is C24H26N2O4S. The van der Waals surface area contributed by atoms with Crippen molar-refractivity contribution in [2.45, 2.75) is 31.3 Å². The van der Waals surface area contributed by atoms with Crippen LogP contribution in [0.5, 0.6) is 5.75 Å². The molecular weight excluding hydrogens is 412 g/mol. The second-order valence-corrected chi connectivity index (χ2v) is 9.12. The van der Waals surface area contributed by atoms with E-state index >= 15 is 0 Å². The van der Waals surface area contributed by atoms with E-state index in [1.54, 1.807) is 36.4 Å². The summed E-state index contributed by atoms with van der Waals surface area (Å²) >= 11 is 0. The molecule has 7 heteroatoms. The van der Waals surface area contributed by atoms with Crippen LogP contribution in [0.25, 0.3) is 0 Å². The molecule has 0 heterocycles. The van der Waals surface area contributed by atoms with Gasteiger partial charge in [0.15, 0.2) is 6.10 Å². The lowest BCUT2D eigenvalue weighted by Crippen LogP contribution is -2.32. The molecule has 0 aliphatic heterocycles. The third-order valence-electron chi connectivity index (χ3n) is 4.86. The Hall–Kier alpha value is -3.32. The molecule has 0 aromatic heterocycles. The van der Waals surface area contributed by atoms with Crippen LogP contribution in [0.2, 0.25) is 0 Å². The zero-order chi connectivity index (χ0) is 22.4. The minimum absolute atomic E-state index is 0.139. The summed E-state index contributed by atoms with van der Waals surface area (Å²) in [7, 11) is -2.20. The van der Waals surface area contributed by atoms with Gasteiger partial charge in [0, 0.05) is 12.7 Å². The van der Waals surface area contributed by atoms with Crippen LogP contribution in [-0.4, -0.2) is 27.5 Å². The molecule has 31 heavy (non-hydrogen) atoms. The molecule has 3 rings (SSSR count). The first-order valence-electron chi connectivity index (χ1n) is 9.99. The van der Waals surface area contributed by atoms with Crippen molar-refractivity contribution >= 4 is 27.3 Å². The van der Waals surface area contributed by atoms with Gasteiger partial charge < -0.3 is 10.1 Å². The van der Waals surface area contributed by atoms with Crippen molar-refractivity contribution < 1.29 is 17.9 Å². The minimum Gasteiger partial charge on any atom is -0.481 e. The van der Waals surface area contributed by atoms with Crippen LogP contribution in [0, 0.1) is 6.92 Å². The van der Waals surface area contributed by atoms with Gasteiger partial charge in [-0.1, -0.05) is 42.8 Å². The van der Waals surface area contributed by atoms with E-state index < -0.39 is 16.1 Å². The first-order valence-corrected chi connectivity index (χ1v) is 11.4. The van der Waals surface area contributed by atoms with E-state index in [2.05, 4.69) is 5.32 Å². The van der Waals surface area contributed by atoms with Gasteiger partial charge in [0.25, 0.3) is 15.9 Å². The highest BCUT2D eigenvalue weighted by atomic mass is 32.2. The minimum atomic E-state index is -3.71. The average Bonchev–Trinajstić information content (AvgIpc) is 2.79. The van der Waals surface area contributed by atoms with Crippen molar-refractivity contribution in [1.82, 2.24) is 0 Å². The van der Waals surface area contributed by atoms with Crippen LogP contribution in [0.3, 0.4) is 0 Å². The highest BCUT2D eigenvalue weighted by Crippen LogP contribution is 2.23. The smallest absolute Gasteiger partial charge is 0.265 e. The molecule has 162 valence electrons. The number of sulfonamides is 1. The highest BCUT2D eigenvalue weighted by molar-refractivity contribution is 7.92. The lowest BCUT2D eigenvalue weighted by atomic mass is 10.2. The Morgan fingerprint density at radius 1 is 0.968 bits per heavy atom. The van der Waals surface area contributed by atoms with Gasteiger partial charge in [-0.3, -0.25) is 9.10 Å². The number of amides is 1. The number of hydrogen-bond donors (Lipinski definition) is 1. The van der Waals surface area contributed by atoms with Crippen molar-refractivity contribution in [3.05, 3.63) is 84.4 Å². The Labute approximate surface area is 183 Å². The van der Waals surface area contributed by atoms with Gasteiger partial charge in [-0.05, 0) is 61.9 Å². The number of benzene rings is 3. The number of carbonyl (C=O) groups excluding carboxylic acids is 1. The maximum atomic E-state index is 12.9. The lowest BCUT2D eigenvalue weighted by Gasteiger charge is -2.20. The van der Waals surface area contributed by atoms with Crippen molar-refractivity contribution in [3.8, 4) is 5.75 Å². The van der Waals surface area contributed by atoms with E-state index in [4.69, 9.17) is 4.74 Å². The second-order valence-electron chi connectivity index (χ2n) is 7.15. The fourth-order valence-electron chi connectivity index (χ4n) is 2.97. The molecule has 1 unspecified atom stereocenters. The third kappa shape index (κ3) is 5.44. The predicted octanol–water partition coefficient (Wildman–Crippen LogP) is 4.62. The lowest BCUT2D eigenvalue weighted by molar-refractivity contribution is -0.122. The summed E-state index contributed by atoms with van der Waals surface area (Å²) in [6.07, 6.45) is -0.163. The van der Waals surface area contributed by atoms with Crippen LogP contribution in [0.1, 0.15) is 18.9 Å². The summed E-state index contributed by atoms with van der Waals surface area (Å²) < 4.78 is 32.8. The summed E-state index contributed by atoms with van der Waals surface area (Å²) in [6, 6.07) is 22.4. The Morgan fingerprint density at radius 2 is 1.58 bits per heavy atom. The molecule has 0 fully saturated rings. The maximum Gasteiger partial charge on any atom is 0.265 e. The maximum absolute atomic E-state index is 12.9. The fourth-order valence-corrected chi connectivity index (χ4v) is 4.17. The zero-order valence-corrected chi connectivity index (χ0v) is 18.6. The highest BCUT2D eigenvalue weighted by Gasteiger charge is 2.22. The molecule has 0 saturated carbocycles. The Kier molecular flexibility index (Phi) is 6.97. The molecule has 0 saturated heterocycles. The number of carbonyl (C=O) groups is 1. The van der Waals surface area contributed by atoms with E-state index in [-0.39, 0.29) is 10.8 Å². The molecule has 0 aliphatic carbocycles. The van der Waals surface area contributed by atoms with Gasteiger partial charge >= 0.3 is 0 Å². The SMILES string of the molecule is CCC(Oc1ccc(C)cc1)C(=O)Nc1ccc(S(=O)(=O)N(C)c2ccccc2)cc1. The molecule has 0 radical (unpaired) electrons. The molecule has 1 amide bonds. The molecule has 1 N–H and O–H groups in total. The largest absolute Gasteiger partial charge is 0.481 e. The quantitative estimate of drug-likeness (QED) is 0.557. The summed E-state index contributed by atoms with van der Waals surface area (Å²) in [5.41, 5.74) is 2.17. The summed E-state index contributed by atoms with van der Waals surface area (Å²) in [5.74, 6) is 0.332. The Morgan fingerprint density at radius 3 is 2.16 bits per heavy atom. The van der Waals surface area contributed by atoms with Crippen LogP contribution in [-0.2, 0) is 14.8 Å². The molecule has 3 aromatic carbocycles. The number of rotatable bonds is 8. The van der Waals surface area contributed by atoms with E-state index in [1.165, 1.54) is 23.5 Å². The van der Waals surface area contributed by atoms with E-state index in [0.29, 0.717) is 23.5 Å². The third-order valence-corrected chi connectivity index (χ3v) is 6.66. The second kappa shape index (κ2) is 9.66. The van der Waals surface area contributed by atoms with E-state index in [1.807, 2.05) is 44.2 Å².